The molecule has 0 fully saturated rings. The van der Waals surface area contributed by atoms with Crippen LogP contribution in [0, 0.1) is 0 Å². The lowest BCUT2D eigenvalue weighted by atomic mass is 9.91. The van der Waals surface area contributed by atoms with E-state index in [-0.39, 0.29) is 5.91 Å². The number of rotatable bonds is 14. The second-order valence-electron chi connectivity index (χ2n) is 7.65. The van der Waals surface area contributed by atoms with Crippen LogP contribution in [-0.4, -0.2) is 58.1 Å². The van der Waals surface area contributed by atoms with Gasteiger partial charge in [0.2, 0.25) is 6.41 Å². The monoisotopic (exact) mass is 394 g/mol. The Kier molecular flexibility index (Phi) is 10.2. The molecule has 0 spiro atoms. The summed E-state index contributed by atoms with van der Waals surface area (Å²) in [7, 11) is 3.39. The van der Waals surface area contributed by atoms with Gasteiger partial charge in [0.05, 0.1) is 11.9 Å². The number of amides is 2. The normalized spacial score (nSPS) is 11.5. The zero-order chi connectivity index (χ0) is 21.2. The van der Waals surface area contributed by atoms with E-state index in [2.05, 4.69) is 11.9 Å². The molecule has 1 rings (SSSR count). The van der Waals surface area contributed by atoms with E-state index in [0.29, 0.717) is 31.0 Å². The van der Waals surface area contributed by atoms with Crippen LogP contribution in [0.4, 0.5) is 5.82 Å². The molecular formula is C21H38N4O3. The predicted molar refractivity (Wildman–Crippen MR) is 113 cm³/mol. The van der Waals surface area contributed by atoms with Crippen molar-refractivity contribution >= 4 is 18.1 Å². The number of nitrogens with zero attached hydrogens (tertiary/aromatic N) is 4. The molecule has 0 radical (unpaired) electrons. The predicted octanol–water partition coefficient (Wildman–Crippen LogP) is 3.46. The van der Waals surface area contributed by atoms with E-state index in [0.717, 1.165) is 51.4 Å². The fourth-order valence-corrected chi connectivity index (χ4v) is 3.29. The van der Waals surface area contributed by atoms with Crippen molar-refractivity contribution in [2.24, 2.45) is 0 Å². The van der Waals surface area contributed by atoms with Gasteiger partial charge in [0.25, 0.3) is 5.91 Å². The molecule has 0 aromatic carbocycles. The number of unbranched alkanes of at least 4 members (excludes halogenated alkanes) is 3. The Bertz CT molecular complexity index is 611. The Balaban J connectivity index is 2.79. The quantitative estimate of drug-likeness (QED) is 0.387. The van der Waals surface area contributed by atoms with Crippen LogP contribution in [0.1, 0.15) is 82.6 Å². The van der Waals surface area contributed by atoms with Gasteiger partial charge in [-0.05, 0) is 38.5 Å². The van der Waals surface area contributed by atoms with Crippen LogP contribution in [0.15, 0.2) is 6.33 Å². The first-order chi connectivity index (χ1) is 13.3. The Labute approximate surface area is 169 Å². The molecular weight excluding hydrogens is 356 g/mol. The maximum Gasteiger partial charge on any atom is 0.274 e. The lowest BCUT2D eigenvalue weighted by Crippen LogP contribution is -2.32. The molecule has 7 heteroatoms. The standard InChI is InChI=1S/C21H38N4O3/c1-6-9-11-15-25-16-22-19(24(5)17-26)18(25)20(27)23(4)14-12-10-13-21(28,7-2)8-3/h16-17,28H,6-15H2,1-5H3. The van der Waals surface area contributed by atoms with Crippen molar-refractivity contribution in [3.05, 3.63) is 12.0 Å². The van der Waals surface area contributed by atoms with E-state index in [1.807, 2.05) is 18.4 Å². The minimum absolute atomic E-state index is 0.126. The highest BCUT2D eigenvalue weighted by atomic mass is 16.3. The highest BCUT2D eigenvalue weighted by molar-refractivity contribution is 5.99. The molecule has 28 heavy (non-hydrogen) atoms. The second-order valence-corrected chi connectivity index (χ2v) is 7.65. The fourth-order valence-electron chi connectivity index (χ4n) is 3.29. The van der Waals surface area contributed by atoms with Gasteiger partial charge in [-0.3, -0.25) is 9.59 Å². The first-order valence-electron chi connectivity index (χ1n) is 10.5. The summed E-state index contributed by atoms with van der Waals surface area (Å²) < 4.78 is 1.86. The van der Waals surface area contributed by atoms with Crippen LogP contribution >= 0.6 is 0 Å². The van der Waals surface area contributed by atoms with Crippen molar-refractivity contribution in [2.75, 3.05) is 25.5 Å². The van der Waals surface area contributed by atoms with Crippen LogP contribution < -0.4 is 4.90 Å². The van der Waals surface area contributed by atoms with E-state index >= 15 is 0 Å². The number of aromatic nitrogens is 2. The minimum Gasteiger partial charge on any atom is -0.390 e. The highest BCUT2D eigenvalue weighted by Crippen LogP contribution is 2.23. The summed E-state index contributed by atoms with van der Waals surface area (Å²) >= 11 is 0. The molecule has 1 aromatic heterocycles. The van der Waals surface area contributed by atoms with Gasteiger partial charge in [0.15, 0.2) is 11.5 Å². The van der Waals surface area contributed by atoms with Gasteiger partial charge >= 0.3 is 0 Å². The van der Waals surface area contributed by atoms with E-state index in [4.69, 9.17) is 0 Å². The van der Waals surface area contributed by atoms with E-state index in [1.165, 1.54) is 4.90 Å². The first kappa shape index (κ1) is 24.1. The molecule has 2 amide bonds. The minimum atomic E-state index is -0.597. The van der Waals surface area contributed by atoms with Gasteiger partial charge in [-0.1, -0.05) is 33.6 Å². The lowest BCUT2D eigenvalue weighted by molar-refractivity contribution is -0.107. The van der Waals surface area contributed by atoms with Crippen molar-refractivity contribution in [2.45, 2.75) is 84.3 Å². The van der Waals surface area contributed by atoms with Crippen LogP contribution in [-0.2, 0) is 11.3 Å². The van der Waals surface area contributed by atoms with Gasteiger partial charge in [-0.15, -0.1) is 0 Å². The molecule has 0 aliphatic rings. The molecule has 0 saturated heterocycles. The molecule has 160 valence electrons. The molecule has 1 aromatic rings. The molecule has 0 unspecified atom stereocenters. The van der Waals surface area contributed by atoms with Gasteiger partial charge in [0.1, 0.15) is 0 Å². The number of carbonyl (C=O) groups is 2. The zero-order valence-electron chi connectivity index (χ0n) is 18.3. The number of hydrogen-bond acceptors (Lipinski definition) is 4. The largest absolute Gasteiger partial charge is 0.390 e. The summed E-state index contributed by atoms with van der Waals surface area (Å²) in [4.78, 5) is 31.6. The molecule has 1 heterocycles. The highest BCUT2D eigenvalue weighted by Gasteiger charge is 2.25. The van der Waals surface area contributed by atoms with Gasteiger partial charge in [-0.2, -0.15) is 0 Å². The summed E-state index contributed by atoms with van der Waals surface area (Å²) in [6.45, 7) is 7.46. The third-order valence-electron chi connectivity index (χ3n) is 5.56. The number of imidazole rings is 1. The average Bonchev–Trinajstić information content (AvgIpc) is 3.13. The first-order valence-corrected chi connectivity index (χ1v) is 10.5. The van der Waals surface area contributed by atoms with Gasteiger partial charge in [0, 0.05) is 27.2 Å². The van der Waals surface area contributed by atoms with Crippen molar-refractivity contribution in [3.63, 3.8) is 0 Å². The summed E-state index contributed by atoms with van der Waals surface area (Å²) in [6.07, 6.45) is 9.40. The van der Waals surface area contributed by atoms with Crippen molar-refractivity contribution in [3.8, 4) is 0 Å². The second kappa shape index (κ2) is 11.8. The third kappa shape index (κ3) is 6.62. The van der Waals surface area contributed by atoms with E-state index < -0.39 is 5.60 Å². The lowest BCUT2D eigenvalue weighted by Gasteiger charge is -2.25. The summed E-state index contributed by atoms with van der Waals surface area (Å²) in [5, 5.41) is 10.4. The summed E-state index contributed by atoms with van der Waals surface area (Å²) in [6, 6.07) is 0. The van der Waals surface area contributed by atoms with Crippen LogP contribution in [0.2, 0.25) is 0 Å². The van der Waals surface area contributed by atoms with Gasteiger partial charge < -0.3 is 19.5 Å². The van der Waals surface area contributed by atoms with Crippen LogP contribution in [0.3, 0.4) is 0 Å². The average molecular weight is 395 g/mol. The molecule has 1 N–H and O–H groups in total. The Morgan fingerprint density at radius 3 is 2.43 bits per heavy atom. The number of hydrogen-bond donors (Lipinski definition) is 1. The van der Waals surface area contributed by atoms with Crippen molar-refractivity contribution in [1.29, 1.82) is 0 Å². The molecule has 7 nitrogen and oxygen atoms in total. The fraction of sp³-hybridized carbons (Fsp3) is 0.762. The third-order valence-corrected chi connectivity index (χ3v) is 5.56. The van der Waals surface area contributed by atoms with E-state index in [1.54, 1.807) is 25.3 Å². The van der Waals surface area contributed by atoms with Crippen molar-refractivity contribution in [1.82, 2.24) is 14.5 Å². The SMILES string of the molecule is CCCCCn1cnc(N(C)C=O)c1C(=O)N(C)CCCCC(O)(CC)CC. The Morgan fingerprint density at radius 2 is 1.86 bits per heavy atom. The molecule has 0 aliphatic heterocycles. The van der Waals surface area contributed by atoms with E-state index in [9.17, 15) is 14.7 Å². The number of carbonyl (C=O) groups excluding carboxylic acids is 2. The Morgan fingerprint density at radius 1 is 1.18 bits per heavy atom. The number of aryl methyl sites for hydroxylation is 1. The molecule has 0 saturated carbocycles. The maximum atomic E-state index is 13.1. The molecule has 0 aliphatic carbocycles. The summed E-state index contributed by atoms with van der Waals surface area (Å²) in [5.74, 6) is 0.272. The van der Waals surface area contributed by atoms with Gasteiger partial charge in [-0.25, -0.2) is 4.98 Å². The van der Waals surface area contributed by atoms with Crippen molar-refractivity contribution < 1.29 is 14.7 Å². The number of anilines is 1. The topological polar surface area (TPSA) is 78.7 Å². The summed E-state index contributed by atoms with van der Waals surface area (Å²) in [5.41, 5.74) is -0.132. The van der Waals surface area contributed by atoms with Crippen LogP contribution in [0.5, 0.6) is 0 Å². The molecule has 0 bridgehead atoms. The zero-order valence-corrected chi connectivity index (χ0v) is 18.3. The Hall–Kier alpha value is -1.89. The van der Waals surface area contributed by atoms with Crippen LogP contribution in [0.25, 0.3) is 0 Å². The maximum absolute atomic E-state index is 13.1. The number of aliphatic hydroxyl groups is 1. The molecule has 0 atom stereocenters. The smallest absolute Gasteiger partial charge is 0.274 e.